The van der Waals surface area contributed by atoms with E-state index in [0.717, 1.165) is 4.90 Å². The van der Waals surface area contributed by atoms with Gasteiger partial charge in [0.2, 0.25) is 0 Å². The topological polar surface area (TPSA) is 113 Å². The summed E-state index contributed by atoms with van der Waals surface area (Å²) in [5.41, 5.74) is -0.764. The minimum atomic E-state index is -1.11. The maximum absolute atomic E-state index is 12.2. The van der Waals surface area contributed by atoms with Crippen molar-refractivity contribution in [3.8, 4) is 0 Å². The number of nitrogens with zero attached hydrogens (tertiary/aromatic N) is 2. The lowest BCUT2D eigenvalue weighted by Crippen LogP contribution is -2.46. The number of hydrogen-bond acceptors (Lipinski definition) is 7. The first-order chi connectivity index (χ1) is 10.6. The van der Waals surface area contributed by atoms with Gasteiger partial charge >= 0.3 is 12.1 Å². The van der Waals surface area contributed by atoms with Gasteiger partial charge in [-0.25, -0.2) is 9.59 Å². The Morgan fingerprint density at radius 3 is 2.26 bits per heavy atom. The molecular formula is C14H20N2O7. The van der Waals surface area contributed by atoms with Crippen LogP contribution in [0.25, 0.3) is 0 Å². The number of aliphatic hydroxyl groups excluding tert-OH is 1. The summed E-state index contributed by atoms with van der Waals surface area (Å²) < 4.78 is 5.18. The van der Waals surface area contributed by atoms with Crippen LogP contribution in [0.5, 0.6) is 0 Å². The molecule has 2 aliphatic rings. The second kappa shape index (κ2) is 6.15. The molecule has 3 amide bonds. The minimum absolute atomic E-state index is 0.0187. The molecule has 2 saturated heterocycles. The zero-order valence-corrected chi connectivity index (χ0v) is 13.3. The molecule has 2 fully saturated rings. The Kier molecular flexibility index (Phi) is 4.60. The summed E-state index contributed by atoms with van der Waals surface area (Å²) in [6, 6.07) is -1.11. The van der Waals surface area contributed by atoms with E-state index in [1.807, 2.05) is 0 Å². The molecule has 0 unspecified atom stereocenters. The van der Waals surface area contributed by atoms with Crippen LogP contribution in [0.2, 0.25) is 0 Å². The average Bonchev–Trinajstić information content (AvgIpc) is 2.94. The molecule has 0 aromatic rings. The molecule has 2 rings (SSSR count). The van der Waals surface area contributed by atoms with E-state index >= 15 is 0 Å². The molecule has 0 aromatic heterocycles. The van der Waals surface area contributed by atoms with Gasteiger partial charge in [0.1, 0.15) is 11.6 Å². The highest BCUT2D eigenvalue weighted by Gasteiger charge is 2.44. The highest BCUT2D eigenvalue weighted by atomic mass is 16.7. The first kappa shape index (κ1) is 17.2. The quantitative estimate of drug-likeness (QED) is 0.708. The van der Waals surface area contributed by atoms with Crippen LogP contribution in [0.15, 0.2) is 0 Å². The van der Waals surface area contributed by atoms with Gasteiger partial charge in [-0.3, -0.25) is 14.5 Å². The Bertz CT molecular complexity index is 524. The molecule has 0 spiro atoms. The van der Waals surface area contributed by atoms with E-state index in [-0.39, 0.29) is 25.8 Å². The van der Waals surface area contributed by atoms with E-state index in [1.54, 1.807) is 20.8 Å². The third-order valence-electron chi connectivity index (χ3n) is 3.37. The van der Waals surface area contributed by atoms with Gasteiger partial charge in [0, 0.05) is 19.3 Å². The molecule has 0 aromatic carbocycles. The summed E-state index contributed by atoms with van der Waals surface area (Å²) in [6.45, 7) is 4.93. The summed E-state index contributed by atoms with van der Waals surface area (Å²) in [5, 5.41) is 10.1. The number of likely N-dealkylation sites (tertiary alicyclic amines) is 1. The number of hydroxylamine groups is 2. The first-order valence-corrected chi connectivity index (χ1v) is 7.34. The normalized spacial score (nSPS) is 25.0. The van der Waals surface area contributed by atoms with Gasteiger partial charge in [0.15, 0.2) is 0 Å². The molecule has 2 atom stereocenters. The van der Waals surface area contributed by atoms with E-state index in [1.165, 1.54) is 0 Å². The SMILES string of the molecule is CC(C)(C)OC(=O)N1C[C@H](O)C[C@H]1C(=O)ON1C(=O)CCC1=O. The molecule has 9 nitrogen and oxygen atoms in total. The molecule has 1 N–H and O–H groups in total. The first-order valence-electron chi connectivity index (χ1n) is 7.34. The van der Waals surface area contributed by atoms with Crippen LogP contribution in [-0.4, -0.2) is 63.2 Å². The minimum Gasteiger partial charge on any atom is -0.444 e. The van der Waals surface area contributed by atoms with Gasteiger partial charge in [-0.1, -0.05) is 0 Å². The third-order valence-corrected chi connectivity index (χ3v) is 3.37. The van der Waals surface area contributed by atoms with Crippen LogP contribution < -0.4 is 0 Å². The van der Waals surface area contributed by atoms with Crippen molar-refractivity contribution in [2.45, 2.75) is 57.8 Å². The van der Waals surface area contributed by atoms with Crippen LogP contribution in [0.3, 0.4) is 0 Å². The predicted molar refractivity (Wildman–Crippen MR) is 74.5 cm³/mol. The number of hydrogen-bond donors (Lipinski definition) is 1. The van der Waals surface area contributed by atoms with E-state index in [9.17, 15) is 24.3 Å². The fraction of sp³-hybridized carbons (Fsp3) is 0.714. The highest BCUT2D eigenvalue weighted by Crippen LogP contribution is 2.23. The lowest BCUT2D eigenvalue weighted by atomic mass is 10.2. The molecule has 128 valence electrons. The summed E-state index contributed by atoms with van der Waals surface area (Å²) in [4.78, 5) is 53.1. The lowest BCUT2D eigenvalue weighted by Gasteiger charge is -2.27. The molecule has 9 heteroatoms. The summed E-state index contributed by atoms with van der Waals surface area (Å²) in [5.74, 6) is -2.16. The van der Waals surface area contributed by atoms with Crippen LogP contribution in [0.4, 0.5) is 4.79 Å². The predicted octanol–water partition coefficient (Wildman–Crippen LogP) is -0.0361. The van der Waals surface area contributed by atoms with Crippen LogP contribution in [0.1, 0.15) is 40.0 Å². The van der Waals surface area contributed by atoms with Crippen LogP contribution in [0, 0.1) is 0 Å². The fourth-order valence-electron chi connectivity index (χ4n) is 2.37. The molecule has 2 aliphatic heterocycles. The average molecular weight is 328 g/mol. The largest absolute Gasteiger partial charge is 0.444 e. The number of amides is 3. The summed E-state index contributed by atoms with van der Waals surface area (Å²) >= 11 is 0. The van der Waals surface area contributed by atoms with Crippen molar-refractivity contribution < 1.29 is 33.9 Å². The Morgan fingerprint density at radius 2 is 1.74 bits per heavy atom. The monoisotopic (exact) mass is 328 g/mol. The van der Waals surface area contributed by atoms with Crippen molar-refractivity contribution >= 4 is 23.9 Å². The maximum atomic E-state index is 12.2. The zero-order chi connectivity index (χ0) is 17.4. The van der Waals surface area contributed by atoms with Gasteiger partial charge in [-0.15, -0.1) is 5.06 Å². The van der Waals surface area contributed by atoms with E-state index in [0.29, 0.717) is 5.06 Å². The number of aliphatic hydroxyl groups is 1. The van der Waals surface area contributed by atoms with Crippen LogP contribution >= 0.6 is 0 Å². The van der Waals surface area contributed by atoms with Gasteiger partial charge in [-0.05, 0) is 20.8 Å². The second-order valence-corrected chi connectivity index (χ2v) is 6.53. The number of carbonyl (C=O) groups is 4. The third kappa shape index (κ3) is 3.98. The Labute approximate surface area is 133 Å². The number of imide groups is 1. The molecule has 0 bridgehead atoms. The van der Waals surface area contributed by atoms with Crippen molar-refractivity contribution in [3.05, 3.63) is 0 Å². The van der Waals surface area contributed by atoms with Gasteiger partial charge in [-0.2, -0.15) is 0 Å². The molecule has 23 heavy (non-hydrogen) atoms. The van der Waals surface area contributed by atoms with Crippen molar-refractivity contribution in [1.29, 1.82) is 0 Å². The Balaban J connectivity index is 2.06. The standard InChI is InChI=1S/C14H20N2O7/c1-14(2,3)22-13(21)15-7-8(17)6-9(15)12(20)23-16-10(18)4-5-11(16)19/h8-9,17H,4-7H2,1-3H3/t8-,9+/m1/s1. The number of ether oxygens (including phenoxy) is 1. The summed E-state index contributed by atoms with van der Waals surface area (Å²) in [7, 11) is 0. The summed E-state index contributed by atoms with van der Waals surface area (Å²) in [6.07, 6.45) is -1.77. The number of carbonyl (C=O) groups excluding carboxylic acids is 4. The fourth-order valence-corrected chi connectivity index (χ4v) is 2.37. The second-order valence-electron chi connectivity index (χ2n) is 6.53. The van der Waals surface area contributed by atoms with Gasteiger partial charge in [0.25, 0.3) is 11.8 Å². The van der Waals surface area contributed by atoms with Crippen molar-refractivity contribution in [1.82, 2.24) is 9.96 Å². The van der Waals surface area contributed by atoms with E-state index in [4.69, 9.17) is 9.57 Å². The molecule has 0 saturated carbocycles. The molecule has 0 radical (unpaired) electrons. The van der Waals surface area contributed by atoms with Crippen LogP contribution in [-0.2, 0) is 24.0 Å². The van der Waals surface area contributed by atoms with E-state index in [2.05, 4.69) is 0 Å². The lowest BCUT2D eigenvalue weighted by molar-refractivity contribution is -0.200. The highest BCUT2D eigenvalue weighted by molar-refractivity contribution is 6.01. The van der Waals surface area contributed by atoms with Crippen molar-refractivity contribution in [2.75, 3.05) is 6.54 Å². The van der Waals surface area contributed by atoms with Gasteiger partial charge in [0.05, 0.1) is 12.6 Å². The van der Waals surface area contributed by atoms with E-state index < -0.39 is 41.6 Å². The molecular weight excluding hydrogens is 308 g/mol. The smallest absolute Gasteiger partial charge is 0.411 e. The number of β-amino-alcohol motifs (C(OH)–C–C–N with tert-alkyl or cyclic N) is 1. The van der Waals surface area contributed by atoms with Crippen molar-refractivity contribution in [2.24, 2.45) is 0 Å². The molecule has 2 heterocycles. The van der Waals surface area contributed by atoms with Crippen molar-refractivity contribution in [3.63, 3.8) is 0 Å². The number of rotatable bonds is 2. The van der Waals surface area contributed by atoms with Gasteiger partial charge < -0.3 is 14.7 Å². The Hall–Kier alpha value is -2.16. The molecule has 0 aliphatic carbocycles. The zero-order valence-electron chi connectivity index (χ0n) is 13.3. The maximum Gasteiger partial charge on any atom is 0.411 e. The Morgan fingerprint density at radius 1 is 1.17 bits per heavy atom.